The highest BCUT2D eigenvalue weighted by Crippen LogP contribution is 2.29. The van der Waals surface area contributed by atoms with Gasteiger partial charge in [0.2, 0.25) is 10.0 Å². The van der Waals surface area contributed by atoms with E-state index in [1.165, 1.54) is 0 Å². The van der Waals surface area contributed by atoms with Crippen molar-refractivity contribution in [1.82, 2.24) is 4.72 Å². The van der Waals surface area contributed by atoms with E-state index in [-0.39, 0.29) is 11.8 Å². The van der Waals surface area contributed by atoms with Gasteiger partial charge in [0.25, 0.3) is 0 Å². The van der Waals surface area contributed by atoms with Gasteiger partial charge >= 0.3 is 0 Å². The fourth-order valence-corrected chi connectivity index (χ4v) is 4.80. The number of nitrogens with one attached hydrogen (secondary N) is 1. The Kier molecular flexibility index (Phi) is 5.41. The van der Waals surface area contributed by atoms with Gasteiger partial charge in [-0.25, -0.2) is 13.1 Å². The quantitative estimate of drug-likeness (QED) is 0.877. The van der Waals surface area contributed by atoms with Gasteiger partial charge in [-0.1, -0.05) is 38.1 Å². The number of rotatable bonds is 5. The number of sulfonamides is 1. The highest BCUT2D eigenvalue weighted by molar-refractivity contribution is 7.88. The summed E-state index contributed by atoms with van der Waals surface area (Å²) in [7, 11) is -3.32. The summed E-state index contributed by atoms with van der Waals surface area (Å²) in [6.07, 6.45) is 3.11. The lowest BCUT2D eigenvalue weighted by molar-refractivity contribution is 0.249. The molecule has 5 heteroatoms. The van der Waals surface area contributed by atoms with Crippen molar-refractivity contribution < 1.29 is 8.42 Å². The van der Waals surface area contributed by atoms with Crippen molar-refractivity contribution in [2.75, 3.05) is 0 Å². The maximum absolute atomic E-state index is 12.4. The molecule has 0 radical (unpaired) electrons. The molecule has 0 aromatic heterocycles. The second-order valence-corrected chi connectivity index (χ2v) is 8.11. The molecule has 3 N–H and O–H groups in total. The van der Waals surface area contributed by atoms with Gasteiger partial charge < -0.3 is 5.73 Å². The largest absolute Gasteiger partial charge is 0.326 e. The van der Waals surface area contributed by atoms with Gasteiger partial charge in [0.1, 0.15) is 0 Å². The topological polar surface area (TPSA) is 72.2 Å². The SMILES string of the molecule is CC1CCC(NS(=O)(=O)Cc2ccccc2CN)C(C)C1. The van der Waals surface area contributed by atoms with Crippen molar-refractivity contribution >= 4 is 10.0 Å². The summed E-state index contributed by atoms with van der Waals surface area (Å²) >= 11 is 0. The normalized spacial score (nSPS) is 26.7. The van der Waals surface area contributed by atoms with E-state index in [0.717, 1.165) is 30.4 Å². The van der Waals surface area contributed by atoms with Crippen LogP contribution in [0, 0.1) is 11.8 Å². The maximum atomic E-state index is 12.4. The van der Waals surface area contributed by atoms with Crippen LogP contribution in [0.1, 0.15) is 44.2 Å². The first-order chi connectivity index (χ1) is 9.91. The molecule has 0 bridgehead atoms. The molecule has 1 aliphatic rings. The molecular formula is C16H26N2O2S. The van der Waals surface area contributed by atoms with Crippen LogP contribution in [0.2, 0.25) is 0 Å². The number of benzene rings is 1. The Morgan fingerprint density at radius 1 is 1.19 bits per heavy atom. The minimum absolute atomic E-state index is 0.0130. The molecule has 0 amide bonds. The van der Waals surface area contributed by atoms with E-state index in [4.69, 9.17) is 5.73 Å². The minimum Gasteiger partial charge on any atom is -0.326 e. The molecule has 4 nitrogen and oxygen atoms in total. The maximum Gasteiger partial charge on any atom is 0.216 e. The van der Waals surface area contributed by atoms with Gasteiger partial charge in [-0.05, 0) is 42.2 Å². The molecule has 0 heterocycles. The summed E-state index contributed by atoms with van der Waals surface area (Å²) in [5, 5.41) is 0. The monoisotopic (exact) mass is 310 g/mol. The Hall–Kier alpha value is -0.910. The lowest BCUT2D eigenvalue weighted by Crippen LogP contribution is -2.42. The molecule has 2 rings (SSSR count). The van der Waals surface area contributed by atoms with Gasteiger partial charge in [-0.2, -0.15) is 0 Å². The molecule has 0 saturated heterocycles. The average Bonchev–Trinajstić information content (AvgIpc) is 2.42. The first-order valence-electron chi connectivity index (χ1n) is 7.68. The van der Waals surface area contributed by atoms with E-state index in [2.05, 4.69) is 18.6 Å². The average molecular weight is 310 g/mol. The summed E-state index contributed by atoms with van der Waals surface area (Å²) in [5.41, 5.74) is 7.37. The van der Waals surface area contributed by atoms with Crippen LogP contribution in [0.25, 0.3) is 0 Å². The highest BCUT2D eigenvalue weighted by atomic mass is 32.2. The van der Waals surface area contributed by atoms with Gasteiger partial charge in [-0.3, -0.25) is 0 Å². The lowest BCUT2D eigenvalue weighted by atomic mass is 9.80. The number of hydrogen-bond acceptors (Lipinski definition) is 3. The zero-order valence-electron chi connectivity index (χ0n) is 12.9. The van der Waals surface area contributed by atoms with Crippen molar-refractivity contribution in [2.24, 2.45) is 17.6 Å². The first kappa shape index (κ1) is 16.5. The Balaban J connectivity index is 2.05. The second-order valence-electron chi connectivity index (χ2n) is 6.35. The smallest absolute Gasteiger partial charge is 0.216 e. The third-order valence-corrected chi connectivity index (χ3v) is 5.80. The van der Waals surface area contributed by atoms with E-state index in [1.807, 2.05) is 24.3 Å². The Morgan fingerprint density at radius 3 is 2.48 bits per heavy atom. The summed E-state index contributed by atoms with van der Waals surface area (Å²) in [5.74, 6) is 1.10. The zero-order valence-corrected chi connectivity index (χ0v) is 13.7. The van der Waals surface area contributed by atoms with E-state index in [9.17, 15) is 8.42 Å². The molecule has 1 aliphatic carbocycles. The third kappa shape index (κ3) is 4.53. The third-order valence-electron chi connectivity index (χ3n) is 4.45. The number of hydrogen-bond donors (Lipinski definition) is 2. The molecular weight excluding hydrogens is 284 g/mol. The van der Waals surface area contributed by atoms with E-state index in [1.54, 1.807) is 0 Å². The molecule has 1 aromatic rings. The van der Waals surface area contributed by atoms with Crippen LogP contribution in [0.3, 0.4) is 0 Å². The fraction of sp³-hybridized carbons (Fsp3) is 0.625. The van der Waals surface area contributed by atoms with Crippen LogP contribution < -0.4 is 10.5 Å². The molecule has 3 atom stereocenters. The van der Waals surface area contributed by atoms with Gasteiger partial charge in [-0.15, -0.1) is 0 Å². The van der Waals surface area contributed by atoms with Crippen molar-refractivity contribution in [3.05, 3.63) is 35.4 Å². The van der Waals surface area contributed by atoms with Crippen molar-refractivity contribution in [1.29, 1.82) is 0 Å². The predicted molar refractivity (Wildman–Crippen MR) is 86.1 cm³/mol. The fourth-order valence-electron chi connectivity index (χ4n) is 3.21. The van der Waals surface area contributed by atoms with Crippen LogP contribution in [0.5, 0.6) is 0 Å². The summed E-state index contributed by atoms with van der Waals surface area (Å²) < 4.78 is 27.7. The van der Waals surface area contributed by atoms with Gasteiger partial charge in [0.05, 0.1) is 5.75 Å². The first-order valence-corrected chi connectivity index (χ1v) is 9.33. The molecule has 0 aliphatic heterocycles. The van der Waals surface area contributed by atoms with E-state index in [0.29, 0.717) is 18.4 Å². The van der Waals surface area contributed by atoms with Crippen molar-refractivity contribution in [3.8, 4) is 0 Å². The predicted octanol–water partition coefficient (Wildman–Crippen LogP) is 2.39. The van der Waals surface area contributed by atoms with Crippen LogP contribution in [-0.2, 0) is 22.3 Å². The van der Waals surface area contributed by atoms with E-state index < -0.39 is 10.0 Å². The highest BCUT2D eigenvalue weighted by Gasteiger charge is 2.28. The Morgan fingerprint density at radius 2 is 1.86 bits per heavy atom. The molecule has 118 valence electrons. The summed E-state index contributed by atoms with van der Waals surface area (Å²) in [6, 6.07) is 7.53. The summed E-state index contributed by atoms with van der Waals surface area (Å²) in [6.45, 7) is 4.73. The van der Waals surface area contributed by atoms with Crippen LogP contribution in [-0.4, -0.2) is 14.5 Å². The van der Waals surface area contributed by atoms with E-state index >= 15 is 0 Å². The molecule has 21 heavy (non-hydrogen) atoms. The Labute approximate surface area is 128 Å². The van der Waals surface area contributed by atoms with Gasteiger partial charge in [0.15, 0.2) is 0 Å². The molecule has 1 fully saturated rings. The Bertz CT molecular complexity index is 571. The van der Waals surface area contributed by atoms with Crippen LogP contribution in [0.15, 0.2) is 24.3 Å². The van der Waals surface area contributed by atoms with Crippen LogP contribution in [0.4, 0.5) is 0 Å². The molecule has 1 saturated carbocycles. The number of nitrogens with two attached hydrogens (primary N) is 1. The van der Waals surface area contributed by atoms with Gasteiger partial charge in [0, 0.05) is 12.6 Å². The molecule has 0 spiro atoms. The standard InChI is InChI=1S/C16H26N2O2S/c1-12-7-8-16(13(2)9-12)18-21(19,20)11-15-6-4-3-5-14(15)10-17/h3-6,12-13,16,18H,7-11,17H2,1-2H3. The molecule has 3 unspecified atom stereocenters. The minimum atomic E-state index is -3.32. The van der Waals surface area contributed by atoms with Crippen molar-refractivity contribution in [3.63, 3.8) is 0 Å². The zero-order chi connectivity index (χ0) is 15.5. The van der Waals surface area contributed by atoms with Crippen LogP contribution >= 0.6 is 0 Å². The summed E-state index contributed by atoms with van der Waals surface area (Å²) in [4.78, 5) is 0. The lowest BCUT2D eigenvalue weighted by Gasteiger charge is -2.33. The van der Waals surface area contributed by atoms with Crippen molar-refractivity contribution in [2.45, 2.75) is 51.4 Å². The second kappa shape index (κ2) is 6.90. The molecule has 1 aromatic carbocycles.